The number of halogens is 3. The van der Waals surface area contributed by atoms with E-state index in [0.29, 0.717) is 41.0 Å². The van der Waals surface area contributed by atoms with Crippen LogP contribution < -0.4 is 5.32 Å². The first kappa shape index (κ1) is 19.5. The van der Waals surface area contributed by atoms with Gasteiger partial charge in [-0.3, -0.25) is 4.98 Å². The number of rotatable bonds is 1. The van der Waals surface area contributed by atoms with Crippen molar-refractivity contribution < 1.29 is 18.0 Å². The zero-order valence-electron chi connectivity index (χ0n) is 16.8. The predicted molar refractivity (Wildman–Crippen MR) is 109 cm³/mol. The number of fused-ring (bicyclic) bond motifs is 4. The maximum atomic E-state index is 13.1. The van der Waals surface area contributed by atoms with Gasteiger partial charge in [-0.1, -0.05) is 24.3 Å². The smallest absolute Gasteiger partial charge is 0.329 e. The predicted octanol–water partition coefficient (Wildman–Crippen LogP) is 4.86. The molecule has 5 rings (SSSR count). The van der Waals surface area contributed by atoms with Gasteiger partial charge in [-0.25, -0.2) is 9.78 Å². The Morgan fingerprint density at radius 3 is 2.65 bits per heavy atom. The van der Waals surface area contributed by atoms with Crippen LogP contribution >= 0.6 is 0 Å². The van der Waals surface area contributed by atoms with E-state index in [2.05, 4.69) is 20.4 Å². The first-order valence-electron chi connectivity index (χ1n) is 9.86. The van der Waals surface area contributed by atoms with Gasteiger partial charge in [0.1, 0.15) is 11.2 Å². The van der Waals surface area contributed by atoms with E-state index in [1.54, 1.807) is 0 Å². The molecule has 0 saturated carbocycles. The maximum absolute atomic E-state index is 13.1. The molecule has 3 aromatic heterocycles. The third-order valence-electron chi connectivity index (χ3n) is 5.70. The van der Waals surface area contributed by atoms with Gasteiger partial charge < -0.3 is 5.32 Å². The van der Waals surface area contributed by atoms with Crippen LogP contribution in [0, 0.1) is 13.8 Å². The van der Waals surface area contributed by atoms with Crippen molar-refractivity contribution in [3.05, 3.63) is 64.7 Å². The Morgan fingerprint density at radius 2 is 1.87 bits per heavy atom. The SMILES string of the molecule is Cc1nn(C(=O)N[C@@H]2CCc3nc(C(F)(F)F)ccc32)c2c(C)nc3ccccc3c12. The van der Waals surface area contributed by atoms with Crippen molar-refractivity contribution in [2.45, 2.75) is 38.9 Å². The molecule has 0 radical (unpaired) electrons. The number of nitrogens with zero attached hydrogens (tertiary/aromatic N) is 4. The molecule has 3 heterocycles. The van der Waals surface area contributed by atoms with Crippen LogP contribution in [0.4, 0.5) is 18.0 Å². The Hall–Kier alpha value is -3.49. The van der Waals surface area contributed by atoms with Crippen LogP contribution in [-0.2, 0) is 12.6 Å². The molecule has 1 aliphatic rings. The first-order chi connectivity index (χ1) is 14.7. The van der Waals surface area contributed by atoms with Crippen molar-refractivity contribution in [3.63, 3.8) is 0 Å². The summed E-state index contributed by atoms with van der Waals surface area (Å²) in [7, 11) is 0. The van der Waals surface area contributed by atoms with Gasteiger partial charge in [0.2, 0.25) is 0 Å². The monoisotopic (exact) mass is 425 g/mol. The van der Waals surface area contributed by atoms with E-state index >= 15 is 0 Å². The molecule has 1 aromatic carbocycles. The van der Waals surface area contributed by atoms with Crippen molar-refractivity contribution in [3.8, 4) is 0 Å². The van der Waals surface area contributed by atoms with E-state index in [-0.39, 0.29) is 0 Å². The zero-order valence-corrected chi connectivity index (χ0v) is 16.8. The fourth-order valence-electron chi connectivity index (χ4n) is 4.33. The van der Waals surface area contributed by atoms with Gasteiger partial charge in [-0.05, 0) is 44.4 Å². The molecule has 0 spiro atoms. The summed E-state index contributed by atoms with van der Waals surface area (Å²) in [4.78, 5) is 21.5. The summed E-state index contributed by atoms with van der Waals surface area (Å²) in [5.74, 6) is 0. The molecule has 1 aliphatic carbocycles. The van der Waals surface area contributed by atoms with Crippen LogP contribution in [0.1, 0.15) is 40.8 Å². The van der Waals surface area contributed by atoms with Gasteiger partial charge in [0.05, 0.1) is 22.9 Å². The maximum Gasteiger partial charge on any atom is 0.433 e. The largest absolute Gasteiger partial charge is 0.433 e. The second-order valence-corrected chi connectivity index (χ2v) is 7.71. The van der Waals surface area contributed by atoms with E-state index < -0.39 is 23.9 Å². The third kappa shape index (κ3) is 3.11. The number of hydrogen-bond donors (Lipinski definition) is 1. The summed E-state index contributed by atoms with van der Waals surface area (Å²) in [6, 6.07) is 9.15. The molecule has 4 aromatic rings. The Bertz CT molecular complexity index is 1360. The van der Waals surface area contributed by atoms with Crippen molar-refractivity contribution in [2.75, 3.05) is 0 Å². The lowest BCUT2D eigenvalue weighted by Gasteiger charge is -2.15. The van der Waals surface area contributed by atoms with Crippen LogP contribution in [0.3, 0.4) is 0 Å². The Morgan fingerprint density at radius 1 is 1.10 bits per heavy atom. The molecule has 0 saturated heterocycles. The molecule has 0 aliphatic heterocycles. The van der Waals surface area contributed by atoms with Gasteiger partial charge in [0.15, 0.2) is 0 Å². The highest BCUT2D eigenvalue weighted by molar-refractivity contribution is 6.08. The van der Waals surface area contributed by atoms with E-state index in [1.807, 2.05) is 38.1 Å². The Labute approximate surface area is 175 Å². The van der Waals surface area contributed by atoms with Crippen LogP contribution in [-0.4, -0.2) is 25.8 Å². The number of nitrogens with one attached hydrogen (secondary N) is 1. The second-order valence-electron chi connectivity index (χ2n) is 7.71. The van der Waals surface area contributed by atoms with Gasteiger partial charge in [0, 0.05) is 16.5 Å². The van der Waals surface area contributed by atoms with Crippen molar-refractivity contribution in [1.82, 2.24) is 25.1 Å². The van der Waals surface area contributed by atoms with E-state index in [1.165, 1.54) is 10.7 Å². The zero-order chi connectivity index (χ0) is 21.9. The molecule has 1 N–H and O–H groups in total. The van der Waals surface area contributed by atoms with Gasteiger partial charge >= 0.3 is 12.2 Å². The molecular formula is C22H18F3N5O. The Balaban J connectivity index is 1.51. The normalized spacial score (nSPS) is 16.1. The fraction of sp³-hybridized carbons (Fsp3) is 0.273. The fourth-order valence-corrected chi connectivity index (χ4v) is 4.33. The lowest BCUT2D eigenvalue weighted by atomic mass is 10.1. The molecule has 6 nitrogen and oxygen atoms in total. The van der Waals surface area contributed by atoms with E-state index in [4.69, 9.17) is 0 Å². The van der Waals surface area contributed by atoms with Gasteiger partial charge in [-0.15, -0.1) is 0 Å². The Kier molecular flexibility index (Phi) is 4.25. The molecule has 31 heavy (non-hydrogen) atoms. The number of pyridine rings is 2. The molecule has 158 valence electrons. The highest BCUT2D eigenvalue weighted by atomic mass is 19.4. The summed E-state index contributed by atoms with van der Waals surface area (Å²) >= 11 is 0. The van der Waals surface area contributed by atoms with Gasteiger partial charge in [0.25, 0.3) is 0 Å². The quantitative estimate of drug-likeness (QED) is 0.473. The minimum atomic E-state index is -4.49. The number of aryl methyl sites for hydroxylation is 3. The van der Waals surface area contributed by atoms with Crippen LogP contribution in [0.15, 0.2) is 36.4 Å². The molecular weight excluding hydrogens is 407 g/mol. The summed E-state index contributed by atoms with van der Waals surface area (Å²) in [5.41, 5.74) is 2.88. The standard InChI is InChI=1S/C22H18F3N5O/c1-11-19-14-5-3-4-6-15(14)26-12(2)20(19)30(29-11)21(31)28-17-9-8-16-13(17)7-10-18(27-16)22(23,24)25/h3-7,10,17H,8-9H2,1-2H3,(H,28,31)/t17-/m1/s1. The second kappa shape index (κ2) is 6.76. The van der Waals surface area contributed by atoms with E-state index in [9.17, 15) is 18.0 Å². The topological polar surface area (TPSA) is 72.7 Å². The molecule has 0 bridgehead atoms. The highest BCUT2D eigenvalue weighted by Crippen LogP contribution is 2.35. The number of aromatic nitrogens is 4. The summed E-state index contributed by atoms with van der Waals surface area (Å²) in [6.07, 6.45) is -3.64. The number of carbonyl (C=O) groups is 1. The summed E-state index contributed by atoms with van der Waals surface area (Å²) in [5, 5.41) is 9.12. The number of alkyl halides is 3. The molecule has 0 unspecified atom stereocenters. The van der Waals surface area contributed by atoms with E-state index in [0.717, 1.165) is 22.4 Å². The summed E-state index contributed by atoms with van der Waals surface area (Å²) in [6.45, 7) is 3.67. The third-order valence-corrected chi connectivity index (χ3v) is 5.70. The molecule has 1 amide bonds. The minimum Gasteiger partial charge on any atom is -0.329 e. The first-order valence-corrected chi connectivity index (χ1v) is 9.86. The molecule has 9 heteroatoms. The van der Waals surface area contributed by atoms with Gasteiger partial charge in [-0.2, -0.15) is 23.0 Å². The van der Waals surface area contributed by atoms with Crippen LogP contribution in [0.2, 0.25) is 0 Å². The van der Waals surface area contributed by atoms with Crippen molar-refractivity contribution in [2.24, 2.45) is 0 Å². The number of carbonyl (C=O) groups excluding carboxylic acids is 1. The molecule has 0 fully saturated rings. The van der Waals surface area contributed by atoms with Crippen molar-refractivity contribution in [1.29, 1.82) is 0 Å². The number of hydrogen-bond acceptors (Lipinski definition) is 4. The average molecular weight is 425 g/mol. The lowest BCUT2D eigenvalue weighted by molar-refractivity contribution is -0.141. The lowest BCUT2D eigenvalue weighted by Crippen LogP contribution is -2.32. The minimum absolute atomic E-state index is 0.366. The molecule has 1 atom stereocenters. The van der Waals surface area contributed by atoms with Crippen LogP contribution in [0.5, 0.6) is 0 Å². The average Bonchev–Trinajstić information content (AvgIpc) is 3.29. The van der Waals surface area contributed by atoms with Crippen molar-refractivity contribution >= 4 is 27.8 Å². The summed E-state index contributed by atoms with van der Waals surface area (Å²) < 4.78 is 40.1. The number of amides is 1. The number of benzene rings is 1. The van der Waals surface area contributed by atoms with Crippen LogP contribution in [0.25, 0.3) is 21.8 Å². The highest BCUT2D eigenvalue weighted by Gasteiger charge is 2.35. The number of para-hydroxylation sites is 1.